The molecule has 2 rings (SSSR count). The molecule has 0 aromatic heterocycles. The second-order valence-corrected chi connectivity index (χ2v) is 7.99. The minimum atomic E-state index is -3.40. The lowest BCUT2D eigenvalue weighted by atomic mass is 10.4. The van der Waals surface area contributed by atoms with Gasteiger partial charge in [0.05, 0.1) is 0 Å². The van der Waals surface area contributed by atoms with Crippen molar-refractivity contribution in [1.29, 1.82) is 5.39 Å². The molecular formula is C18H18N2O3P+. The zero-order chi connectivity index (χ0) is 17.6. The fourth-order valence-corrected chi connectivity index (χ4v) is 4.62. The Hall–Kier alpha value is -2.67. The smallest absolute Gasteiger partial charge is 0.452 e. The maximum Gasteiger partial charge on any atom is 0.491 e. The third kappa shape index (κ3) is 3.62. The molecule has 6 heteroatoms. The van der Waals surface area contributed by atoms with Crippen LogP contribution in [0.25, 0.3) is 4.98 Å². The lowest BCUT2D eigenvalue weighted by Crippen LogP contribution is -2.26. The highest BCUT2D eigenvalue weighted by Crippen LogP contribution is 2.43. The highest BCUT2D eigenvalue weighted by atomic mass is 31.2. The van der Waals surface area contributed by atoms with Gasteiger partial charge in [-0.05, 0) is 12.5 Å². The van der Waals surface area contributed by atoms with Crippen molar-refractivity contribution in [2.24, 2.45) is 0 Å². The van der Waals surface area contributed by atoms with Crippen LogP contribution >= 0.6 is 7.11 Å². The minimum absolute atomic E-state index is 0.0125. The molecule has 0 aliphatic rings. The molecule has 0 fully saturated rings. The monoisotopic (exact) mass is 341 g/mol. The number of hydrogen-bond donors (Lipinski definition) is 1. The number of diazo groups is 1. The third-order valence-electron chi connectivity index (χ3n) is 3.29. The molecule has 0 saturated heterocycles. The molecule has 0 unspecified atom stereocenters. The Bertz CT molecular complexity index is 796. The van der Waals surface area contributed by atoms with E-state index in [1.165, 1.54) is 0 Å². The number of nitrogens with zero attached hydrogens (tertiary/aromatic N) is 2. The molecule has 0 heterocycles. The molecule has 0 bridgehead atoms. The van der Waals surface area contributed by atoms with Crippen molar-refractivity contribution in [1.82, 2.24) is 0 Å². The van der Waals surface area contributed by atoms with Gasteiger partial charge in [0.25, 0.3) is 0 Å². The topological polar surface area (TPSA) is 74.7 Å². The van der Waals surface area contributed by atoms with Crippen LogP contribution in [-0.4, -0.2) is 22.9 Å². The second kappa shape index (κ2) is 7.74. The van der Waals surface area contributed by atoms with E-state index in [1.54, 1.807) is 67.6 Å². The van der Waals surface area contributed by atoms with E-state index in [-0.39, 0.29) is 6.61 Å². The molecule has 122 valence electrons. The number of carbonyl (C=O) groups is 1. The van der Waals surface area contributed by atoms with Crippen LogP contribution < -0.4 is 10.6 Å². The van der Waals surface area contributed by atoms with Gasteiger partial charge < -0.3 is 9.63 Å². The first-order valence-electron chi connectivity index (χ1n) is 7.27. The van der Waals surface area contributed by atoms with Crippen LogP contribution in [0.2, 0.25) is 0 Å². The quantitative estimate of drug-likeness (QED) is 0.393. The number of ether oxygens (including phenoxy) is 1. The van der Waals surface area contributed by atoms with Gasteiger partial charge in [0, 0.05) is 10.6 Å². The number of esters is 1. The summed E-state index contributed by atoms with van der Waals surface area (Å²) in [6.07, 6.45) is 0. The maximum absolute atomic E-state index is 12.4. The SMILES string of the molecule is C=C(C)COC(=O)C([N+]#N)=P(O)(c1ccccc1)c1ccccc1. The first kappa shape index (κ1) is 17.7. The fraction of sp³-hybridized carbons (Fsp3) is 0.111. The molecule has 0 radical (unpaired) electrons. The molecule has 24 heavy (non-hydrogen) atoms. The molecule has 5 nitrogen and oxygen atoms in total. The van der Waals surface area contributed by atoms with Crippen molar-refractivity contribution >= 4 is 29.1 Å². The first-order chi connectivity index (χ1) is 11.5. The predicted octanol–water partition coefficient (Wildman–Crippen LogP) is 2.66. The Morgan fingerprint density at radius 1 is 1.12 bits per heavy atom. The Kier molecular flexibility index (Phi) is 5.70. The fourth-order valence-electron chi connectivity index (χ4n) is 2.17. The molecule has 2 aromatic rings. The summed E-state index contributed by atoms with van der Waals surface area (Å²) in [6.45, 7) is 5.35. The summed E-state index contributed by atoms with van der Waals surface area (Å²) in [5.74, 6) is -0.871. The van der Waals surface area contributed by atoms with Crippen LogP contribution in [-0.2, 0) is 9.53 Å². The van der Waals surface area contributed by atoms with E-state index in [0.717, 1.165) is 0 Å². The van der Waals surface area contributed by atoms with Crippen LogP contribution in [0.4, 0.5) is 0 Å². The highest BCUT2D eigenvalue weighted by Gasteiger charge is 2.41. The van der Waals surface area contributed by atoms with E-state index in [4.69, 9.17) is 4.74 Å². The maximum atomic E-state index is 12.4. The van der Waals surface area contributed by atoms with Crippen LogP contribution in [0.15, 0.2) is 72.8 Å². The third-order valence-corrected chi connectivity index (χ3v) is 6.27. The molecule has 0 amide bonds. The van der Waals surface area contributed by atoms with Crippen molar-refractivity contribution in [2.75, 3.05) is 6.61 Å². The lowest BCUT2D eigenvalue weighted by Gasteiger charge is -2.17. The van der Waals surface area contributed by atoms with E-state index in [9.17, 15) is 15.1 Å². The molecular weight excluding hydrogens is 323 g/mol. The van der Waals surface area contributed by atoms with Gasteiger partial charge in [0.2, 0.25) is 5.39 Å². The zero-order valence-corrected chi connectivity index (χ0v) is 14.2. The minimum Gasteiger partial charge on any atom is -0.452 e. The van der Waals surface area contributed by atoms with Crippen LogP contribution in [0.5, 0.6) is 0 Å². The average Bonchev–Trinajstić information content (AvgIpc) is 2.61. The van der Waals surface area contributed by atoms with Crippen molar-refractivity contribution in [3.8, 4) is 0 Å². The van der Waals surface area contributed by atoms with Crippen molar-refractivity contribution in [2.45, 2.75) is 6.92 Å². The summed E-state index contributed by atoms with van der Waals surface area (Å²) >= 11 is 0. The largest absolute Gasteiger partial charge is 0.491 e. The van der Waals surface area contributed by atoms with Gasteiger partial charge in [0.1, 0.15) is 6.61 Å². The molecule has 1 N–H and O–H groups in total. The Labute approximate surface area is 140 Å². The highest BCUT2D eigenvalue weighted by molar-refractivity contribution is 7.86. The van der Waals surface area contributed by atoms with Gasteiger partial charge in [0.15, 0.2) is 12.1 Å². The summed E-state index contributed by atoms with van der Waals surface area (Å²) in [5.41, 5.74) is 0.239. The van der Waals surface area contributed by atoms with Crippen molar-refractivity contribution < 1.29 is 14.4 Å². The Morgan fingerprint density at radius 2 is 1.58 bits per heavy atom. The van der Waals surface area contributed by atoms with Gasteiger partial charge in [-0.2, -0.15) is 0 Å². The Morgan fingerprint density at radius 3 is 1.96 bits per heavy atom. The summed E-state index contributed by atoms with van der Waals surface area (Å²) in [6, 6.07) is 17.4. The summed E-state index contributed by atoms with van der Waals surface area (Å²) in [5, 5.41) is 10.4. The standard InChI is InChI=1S/C18H17N2O3P/c1-14(2)13-23-18(21)17(20-19)24(22,15-9-5-3-6-10-15)16-11-7-4-8-12-16/h3-12H,1,13H2,2H3/p+1. The van der Waals surface area contributed by atoms with E-state index >= 15 is 0 Å². The van der Waals surface area contributed by atoms with E-state index < -0.39 is 18.5 Å². The van der Waals surface area contributed by atoms with Gasteiger partial charge >= 0.3 is 11.4 Å². The second-order valence-electron chi connectivity index (χ2n) is 5.26. The predicted molar refractivity (Wildman–Crippen MR) is 97.2 cm³/mol. The number of carbonyl (C=O) groups excluding carboxylic acids is 1. The molecule has 0 spiro atoms. The number of hydrogen-bond acceptors (Lipinski definition) is 4. The summed E-state index contributed by atoms with van der Waals surface area (Å²) in [4.78, 5) is 26.9. The zero-order valence-electron chi connectivity index (χ0n) is 13.3. The number of benzene rings is 2. The van der Waals surface area contributed by atoms with Crippen LogP contribution in [0.1, 0.15) is 6.92 Å². The van der Waals surface area contributed by atoms with E-state index in [2.05, 4.69) is 11.6 Å². The van der Waals surface area contributed by atoms with Gasteiger partial charge in [-0.1, -0.05) is 67.2 Å². The normalized spacial score (nSPS) is 10.5. The molecule has 0 atom stereocenters. The number of rotatable bonds is 5. The molecule has 0 aliphatic carbocycles. The van der Waals surface area contributed by atoms with Gasteiger partial charge in [-0.25, -0.2) is 4.79 Å². The Balaban J connectivity index is 2.71. The summed E-state index contributed by atoms with van der Waals surface area (Å²) in [7, 11) is -3.40. The van der Waals surface area contributed by atoms with Crippen LogP contribution in [0.3, 0.4) is 0 Å². The van der Waals surface area contributed by atoms with E-state index in [0.29, 0.717) is 16.2 Å². The van der Waals surface area contributed by atoms with Crippen molar-refractivity contribution in [3.63, 3.8) is 0 Å². The molecule has 0 aliphatic heterocycles. The summed E-state index contributed by atoms with van der Waals surface area (Å²) < 4.78 is 5.08. The van der Waals surface area contributed by atoms with E-state index in [1.807, 2.05) is 0 Å². The van der Waals surface area contributed by atoms with Gasteiger partial charge in [-0.3, -0.25) is 0 Å². The average molecular weight is 341 g/mol. The molecule has 2 aromatic carbocycles. The van der Waals surface area contributed by atoms with Crippen LogP contribution in [0, 0.1) is 5.39 Å². The lowest BCUT2D eigenvalue weighted by molar-refractivity contribution is -0.134. The van der Waals surface area contributed by atoms with Crippen molar-refractivity contribution in [3.05, 3.63) is 77.8 Å². The van der Waals surface area contributed by atoms with Gasteiger partial charge in [-0.15, -0.1) is 0 Å². The first-order valence-corrected chi connectivity index (χ1v) is 9.01. The molecule has 0 saturated carbocycles.